The van der Waals surface area contributed by atoms with Crippen LogP contribution in [-0.4, -0.2) is 29.3 Å². The first-order valence-corrected chi connectivity index (χ1v) is 6.37. The summed E-state index contributed by atoms with van der Waals surface area (Å²) in [5.41, 5.74) is 4.14. The predicted octanol–water partition coefficient (Wildman–Crippen LogP) is 2.18. The Bertz CT molecular complexity index is 421. The molecule has 2 N–H and O–H groups in total. The van der Waals surface area contributed by atoms with Gasteiger partial charge in [-0.15, -0.1) is 0 Å². The number of rotatable bonds is 0. The number of nitrogens with zero attached hydrogens (tertiary/aromatic N) is 1. The van der Waals surface area contributed by atoms with Gasteiger partial charge in [0.15, 0.2) is 0 Å². The summed E-state index contributed by atoms with van der Waals surface area (Å²) in [4.78, 5) is 11.5. The third-order valence-corrected chi connectivity index (χ3v) is 3.32. The Morgan fingerprint density at radius 2 is 1.61 bits per heavy atom. The molecule has 4 heteroatoms. The van der Waals surface area contributed by atoms with Crippen LogP contribution in [0.5, 0.6) is 5.75 Å². The van der Waals surface area contributed by atoms with Crippen LogP contribution in [0.2, 0.25) is 0 Å². The van der Waals surface area contributed by atoms with Crippen LogP contribution >= 0.6 is 0 Å². The molecule has 1 aromatic rings. The molecule has 0 radical (unpaired) electrons. The number of aromatic hydroxyl groups is 1. The zero-order valence-electron chi connectivity index (χ0n) is 10.6. The van der Waals surface area contributed by atoms with Crippen LogP contribution in [0.15, 0.2) is 12.1 Å². The van der Waals surface area contributed by atoms with Crippen LogP contribution in [-0.2, 0) is 17.6 Å². The number of phenols is 1. The van der Waals surface area contributed by atoms with E-state index in [1.165, 1.54) is 42.7 Å². The lowest BCUT2D eigenvalue weighted by molar-refractivity contribution is -0.134. The number of aliphatic carboxylic acids is 1. The quantitative estimate of drug-likeness (QED) is 0.740. The SMILES string of the molecule is CC(=O)O.Oc1cc2c3c(c1)CCCN3CCC2. The first-order valence-electron chi connectivity index (χ1n) is 6.37. The summed E-state index contributed by atoms with van der Waals surface area (Å²) in [6.45, 7) is 3.48. The summed E-state index contributed by atoms with van der Waals surface area (Å²) in [5, 5.41) is 17.0. The molecule has 3 rings (SSSR count). The third-order valence-electron chi connectivity index (χ3n) is 3.32. The van der Waals surface area contributed by atoms with Crippen LogP contribution in [0.4, 0.5) is 5.69 Å². The van der Waals surface area contributed by atoms with E-state index in [0.29, 0.717) is 5.75 Å². The molecule has 18 heavy (non-hydrogen) atoms. The number of carboxylic acids is 1. The van der Waals surface area contributed by atoms with Gasteiger partial charge in [-0.05, 0) is 48.9 Å². The molecule has 0 spiro atoms. The standard InChI is InChI=1S/C12H15NO.C2H4O2/c14-11-7-9-3-1-5-13-6-2-4-10(8-11)12(9)13;1-2(3)4/h7-8,14H,1-6H2;1H3,(H,3,4). The summed E-state index contributed by atoms with van der Waals surface area (Å²) in [5.74, 6) is -0.387. The smallest absolute Gasteiger partial charge is 0.300 e. The van der Waals surface area contributed by atoms with Crippen LogP contribution in [0, 0.1) is 0 Å². The van der Waals surface area contributed by atoms with Crippen molar-refractivity contribution in [2.75, 3.05) is 18.0 Å². The molecular formula is C14H19NO3. The van der Waals surface area contributed by atoms with Crippen LogP contribution in [0.25, 0.3) is 0 Å². The Balaban J connectivity index is 0.000000267. The molecule has 1 aromatic carbocycles. The molecule has 98 valence electrons. The fourth-order valence-corrected chi connectivity index (χ4v) is 2.79. The first-order chi connectivity index (χ1) is 8.58. The molecule has 2 heterocycles. The highest BCUT2D eigenvalue weighted by Gasteiger charge is 2.23. The van der Waals surface area contributed by atoms with E-state index in [9.17, 15) is 5.11 Å². The minimum Gasteiger partial charge on any atom is -0.508 e. The largest absolute Gasteiger partial charge is 0.508 e. The molecule has 0 unspecified atom stereocenters. The molecule has 0 aromatic heterocycles. The van der Waals surface area contributed by atoms with E-state index in [1.807, 2.05) is 12.1 Å². The van der Waals surface area contributed by atoms with Gasteiger partial charge in [-0.1, -0.05) is 0 Å². The molecule has 0 atom stereocenters. The maximum Gasteiger partial charge on any atom is 0.300 e. The molecule has 0 amide bonds. The normalized spacial score (nSPS) is 16.4. The Morgan fingerprint density at radius 3 is 2.06 bits per heavy atom. The van der Waals surface area contributed by atoms with Crippen LogP contribution in [0.3, 0.4) is 0 Å². The summed E-state index contributed by atoms with van der Waals surface area (Å²) in [6, 6.07) is 3.88. The fourth-order valence-electron chi connectivity index (χ4n) is 2.79. The molecule has 0 aliphatic carbocycles. The topological polar surface area (TPSA) is 60.8 Å². The highest BCUT2D eigenvalue weighted by molar-refractivity contribution is 5.65. The molecule has 2 aliphatic rings. The van der Waals surface area contributed by atoms with Crippen molar-refractivity contribution in [1.82, 2.24) is 0 Å². The van der Waals surface area contributed by atoms with Gasteiger partial charge in [0.05, 0.1) is 0 Å². The highest BCUT2D eigenvalue weighted by atomic mass is 16.4. The first kappa shape index (κ1) is 12.7. The van der Waals surface area contributed by atoms with Crippen molar-refractivity contribution in [3.8, 4) is 5.75 Å². The predicted molar refractivity (Wildman–Crippen MR) is 70.3 cm³/mol. The molecule has 0 bridgehead atoms. The van der Waals surface area contributed by atoms with Gasteiger partial charge in [0.1, 0.15) is 5.75 Å². The summed E-state index contributed by atoms with van der Waals surface area (Å²) >= 11 is 0. The molecule has 4 nitrogen and oxygen atoms in total. The number of aryl methyl sites for hydroxylation is 2. The van der Waals surface area contributed by atoms with Gasteiger partial charge in [-0.25, -0.2) is 0 Å². The van der Waals surface area contributed by atoms with Crippen molar-refractivity contribution in [3.05, 3.63) is 23.3 Å². The van der Waals surface area contributed by atoms with Gasteiger partial charge in [0.2, 0.25) is 0 Å². The zero-order chi connectivity index (χ0) is 13.1. The maximum absolute atomic E-state index is 9.59. The molecule has 0 saturated carbocycles. The molecular weight excluding hydrogens is 230 g/mol. The number of phenolic OH excluding ortho intramolecular Hbond substituents is 1. The van der Waals surface area contributed by atoms with Gasteiger partial charge < -0.3 is 15.1 Å². The van der Waals surface area contributed by atoms with E-state index < -0.39 is 5.97 Å². The van der Waals surface area contributed by atoms with Gasteiger partial charge in [-0.2, -0.15) is 0 Å². The van der Waals surface area contributed by atoms with E-state index in [4.69, 9.17) is 9.90 Å². The second-order valence-electron chi connectivity index (χ2n) is 4.83. The maximum atomic E-state index is 9.59. The van der Waals surface area contributed by atoms with Gasteiger partial charge >= 0.3 is 0 Å². The van der Waals surface area contributed by atoms with E-state index in [1.54, 1.807) is 0 Å². The average molecular weight is 249 g/mol. The Kier molecular flexibility index (Phi) is 3.75. The lowest BCUT2D eigenvalue weighted by Gasteiger charge is -2.36. The van der Waals surface area contributed by atoms with E-state index in [-0.39, 0.29) is 0 Å². The van der Waals surface area contributed by atoms with Crippen molar-refractivity contribution in [2.45, 2.75) is 32.6 Å². The Morgan fingerprint density at radius 1 is 1.17 bits per heavy atom. The van der Waals surface area contributed by atoms with E-state index >= 15 is 0 Å². The molecule has 2 aliphatic heterocycles. The number of carbonyl (C=O) groups is 1. The zero-order valence-corrected chi connectivity index (χ0v) is 10.6. The Hall–Kier alpha value is -1.71. The van der Waals surface area contributed by atoms with Crippen molar-refractivity contribution >= 4 is 11.7 Å². The van der Waals surface area contributed by atoms with Crippen molar-refractivity contribution < 1.29 is 15.0 Å². The number of benzene rings is 1. The third kappa shape index (κ3) is 2.75. The van der Waals surface area contributed by atoms with E-state index in [2.05, 4.69) is 4.90 Å². The lowest BCUT2D eigenvalue weighted by Crippen LogP contribution is -2.34. The molecule has 0 saturated heterocycles. The van der Waals surface area contributed by atoms with Gasteiger partial charge in [0, 0.05) is 25.7 Å². The summed E-state index contributed by atoms with van der Waals surface area (Å²) in [6.07, 6.45) is 4.73. The summed E-state index contributed by atoms with van der Waals surface area (Å²) in [7, 11) is 0. The number of carboxylic acid groups (broad SMARTS) is 1. The number of hydrogen-bond acceptors (Lipinski definition) is 3. The van der Waals surface area contributed by atoms with E-state index in [0.717, 1.165) is 19.8 Å². The fraction of sp³-hybridized carbons (Fsp3) is 0.500. The van der Waals surface area contributed by atoms with Gasteiger partial charge in [0.25, 0.3) is 5.97 Å². The highest BCUT2D eigenvalue weighted by Crippen LogP contribution is 2.37. The average Bonchev–Trinajstić information content (AvgIpc) is 2.28. The Labute approximate surface area is 107 Å². The van der Waals surface area contributed by atoms with Crippen LogP contribution < -0.4 is 4.90 Å². The number of anilines is 1. The minimum absolute atomic E-state index is 0.447. The van der Waals surface area contributed by atoms with Gasteiger partial charge in [-0.3, -0.25) is 4.79 Å². The van der Waals surface area contributed by atoms with Crippen LogP contribution in [0.1, 0.15) is 30.9 Å². The van der Waals surface area contributed by atoms with Crippen molar-refractivity contribution in [2.24, 2.45) is 0 Å². The minimum atomic E-state index is -0.833. The number of hydrogen-bond donors (Lipinski definition) is 2. The second kappa shape index (κ2) is 5.29. The van der Waals surface area contributed by atoms with Crippen molar-refractivity contribution in [3.63, 3.8) is 0 Å². The second-order valence-corrected chi connectivity index (χ2v) is 4.83. The lowest BCUT2D eigenvalue weighted by atomic mass is 9.92. The monoisotopic (exact) mass is 249 g/mol. The van der Waals surface area contributed by atoms with Crippen molar-refractivity contribution in [1.29, 1.82) is 0 Å². The summed E-state index contributed by atoms with van der Waals surface area (Å²) < 4.78 is 0. The molecule has 0 fully saturated rings.